The maximum atomic E-state index is 11.7. The van der Waals surface area contributed by atoms with E-state index < -0.39 is 17.8 Å². The lowest BCUT2D eigenvalue weighted by atomic mass is 10.2. The molecule has 0 spiro atoms. The first-order chi connectivity index (χ1) is 11.1. The third-order valence-electron chi connectivity index (χ3n) is 2.70. The van der Waals surface area contributed by atoms with E-state index in [1.165, 1.54) is 24.4 Å². The number of pyridine rings is 1. The van der Waals surface area contributed by atoms with E-state index >= 15 is 0 Å². The minimum atomic E-state index is -1.21. The number of benzene rings is 1. The highest BCUT2D eigenvalue weighted by Gasteiger charge is 2.16. The number of amides is 2. The Morgan fingerprint density at radius 1 is 1.04 bits per heavy atom. The Morgan fingerprint density at radius 3 is 2.43 bits per heavy atom. The zero-order valence-corrected chi connectivity index (χ0v) is 11.8. The number of hydrogen-bond acceptors (Lipinski definition) is 5. The molecule has 0 aliphatic rings. The topological polar surface area (TPSA) is 121 Å². The summed E-state index contributed by atoms with van der Waals surface area (Å²) in [6.45, 7) is 0. The van der Waals surface area contributed by atoms with Crippen molar-refractivity contribution in [2.24, 2.45) is 5.10 Å². The van der Waals surface area contributed by atoms with Gasteiger partial charge < -0.3 is 10.4 Å². The van der Waals surface area contributed by atoms with Gasteiger partial charge in [0.05, 0.1) is 17.5 Å². The summed E-state index contributed by atoms with van der Waals surface area (Å²) in [7, 11) is 0. The summed E-state index contributed by atoms with van der Waals surface area (Å²) in [4.78, 5) is 38.2. The highest BCUT2D eigenvalue weighted by molar-refractivity contribution is 6.39. The zero-order chi connectivity index (χ0) is 16.7. The molecule has 0 fully saturated rings. The molecule has 0 unspecified atom stereocenters. The summed E-state index contributed by atoms with van der Waals surface area (Å²) >= 11 is 0. The maximum Gasteiger partial charge on any atom is 0.337 e. The number of rotatable bonds is 4. The van der Waals surface area contributed by atoms with Crippen LogP contribution in [0.3, 0.4) is 0 Å². The van der Waals surface area contributed by atoms with Crippen LogP contribution in [-0.2, 0) is 9.59 Å². The highest BCUT2D eigenvalue weighted by atomic mass is 16.4. The second-order valence-electron chi connectivity index (χ2n) is 4.28. The molecule has 0 radical (unpaired) electrons. The van der Waals surface area contributed by atoms with E-state index in [0.29, 0.717) is 5.56 Å². The van der Waals surface area contributed by atoms with E-state index in [-0.39, 0.29) is 11.3 Å². The van der Waals surface area contributed by atoms with Gasteiger partial charge in [-0.2, -0.15) is 5.10 Å². The fraction of sp³-hybridized carbons (Fsp3) is 0. The number of hydrazone groups is 1. The molecule has 8 heteroatoms. The molecule has 2 aromatic rings. The number of nitrogens with zero attached hydrogens (tertiary/aromatic N) is 2. The second-order valence-corrected chi connectivity index (χ2v) is 4.28. The molecule has 0 bridgehead atoms. The van der Waals surface area contributed by atoms with Crippen molar-refractivity contribution in [3.8, 4) is 0 Å². The Bertz CT molecular complexity index is 759. The third-order valence-corrected chi connectivity index (χ3v) is 2.70. The van der Waals surface area contributed by atoms with Crippen LogP contribution in [0.5, 0.6) is 0 Å². The molecule has 0 aliphatic heterocycles. The number of hydrogen-bond donors (Lipinski definition) is 3. The lowest BCUT2D eigenvalue weighted by molar-refractivity contribution is -0.136. The van der Waals surface area contributed by atoms with Gasteiger partial charge in [0.15, 0.2) is 0 Å². The van der Waals surface area contributed by atoms with Gasteiger partial charge in [0.1, 0.15) is 0 Å². The predicted octanol–water partition coefficient (Wildman–Crippen LogP) is 0.869. The van der Waals surface area contributed by atoms with Gasteiger partial charge in [-0.25, -0.2) is 10.2 Å². The molecule has 1 aromatic heterocycles. The molecule has 2 rings (SSSR count). The lowest BCUT2D eigenvalue weighted by Gasteiger charge is -2.06. The van der Waals surface area contributed by atoms with Crippen LogP contribution in [0.1, 0.15) is 15.9 Å². The normalized spacial score (nSPS) is 10.3. The number of anilines is 1. The van der Waals surface area contributed by atoms with Crippen molar-refractivity contribution >= 4 is 29.7 Å². The number of aromatic nitrogens is 1. The quantitative estimate of drug-likeness (QED) is 0.439. The number of carboxylic acid groups (broad SMARTS) is 1. The largest absolute Gasteiger partial charge is 0.478 e. The number of aromatic carboxylic acids is 1. The summed E-state index contributed by atoms with van der Waals surface area (Å²) in [5.74, 6) is -3.25. The molecule has 8 nitrogen and oxygen atoms in total. The van der Waals surface area contributed by atoms with Gasteiger partial charge in [0.25, 0.3) is 0 Å². The predicted molar refractivity (Wildman–Crippen MR) is 82.0 cm³/mol. The average Bonchev–Trinajstić information content (AvgIpc) is 2.56. The van der Waals surface area contributed by atoms with Gasteiger partial charge >= 0.3 is 17.8 Å². The van der Waals surface area contributed by atoms with Gasteiger partial charge in [-0.1, -0.05) is 12.1 Å². The van der Waals surface area contributed by atoms with Crippen molar-refractivity contribution < 1.29 is 19.5 Å². The number of carbonyl (C=O) groups is 3. The zero-order valence-electron chi connectivity index (χ0n) is 11.8. The van der Waals surface area contributed by atoms with Crippen molar-refractivity contribution in [2.75, 3.05) is 5.32 Å². The van der Waals surface area contributed by atoms with Crippen LogP contribution in [0, 0.1) is 0 Å². The summed E-state index contributed by atoms with van der Waals surface area (Å²) in [5.41, 5.74) is 2.65. The first-order valence-corrected chi connectivity index (χ1v) is 6.44. The molecule has 0 saturated carbocycles. The van der Waals surface area contributed by atoms with Gasteiger partial charge in [0, 0.05) is 12.4 Å². The molecule has 3 N–H and O–H groups in total. The molecular weight excluding hydrogens is 300 g/mol. The Hall–Kier alpha value is -3.55. The minimum Gasteiger partial charge on any atom is -0.478 e. The van der Waals surface area contributed by atoms with Gasteiger partial charge in [-0.15, -0.1) is 0 Å². The average molecular weight is 312 g/mol. The lowest BCUT2D eigenvalue weighted by Crippen LogP contribution is -2.32. The molecule has 23 heavy (non-hydrogen) atoms. The second kappa shape index (κ2) is 7.46. The SMILES string of the molecule is O=C(N/N=C/c1ccncc1)C(=O)Nc1ccccc1C(=O)O. The van der Waals surface area contributed by atoms with Crippen LogP contribution in [0.15, 0.2) is 53.9 Å². The molecule has 2 amide bonds. The number of nitrogens with one attached hydrogen (secondary N) is 2. The fourth-order valence-corrected chi connectivity index (χ4v) is 1.62. The van der Waals surface area contributed by atoms with E-state index in [1.54, 1.807) is 30.6 Å². The Kier molecular flexibility index (Phi) is 5.13. The summed E-state index contributed by atoms with van der Waals surface area (Å²) in [6.07, 6.45) is 4.45. The molecule has 1 heterocycles. The highest BCUT2D eigenvalue weighted by Crippen LogP contribution is 2.14. The van der Waals surface area contributed by atoms with Crippen LogP contribution in [0.4, 0.5) is 5.69 Å². The first-order valence-electron chi connectivity index (χ1n) is 6.44. The van der Waals surface area contributed by atoms with Gasteiger partial charge in [-0.3, -0.25) is 14.6 Å². The van der Waals surface area contributed by atoms with Crippen molar-refractivity contribution in [3.05, 3.63) is 59.9 Å². The van der Waals surface area contributed by atoms with E-state index in [2.05, 4.69) is 20.8 Å². The van der Waals surface area contributed by atoms with Gasteiger partial charge in [0.2, 0.25) is 0 Å². The first kappa shape index (κ1) is 15.8. The number of carbonyl (C=O) groups excluding carboxylic acids is 2. The van der Waals surface area contributed by atoms with E-state index in [9.17, 15) is 14.4 Å². The maximum absolute atomic E-state index is 11.7. The van der Waals surface area contributed by atoms with Crippen molar-refractivity contribution in [2.45, 2.75) is 0 Å². The summed E-state index contributed by atoms with van der Waals surface area (Å²) < 4.78 is 0. The van der Waals surface area contributed by atoms with Crippen LogP contribution < -0.4 is 10.7 Å². The Labute approximate surface area is 130 Å². The number of para-hydroxylation sites is 1. The Morgan fingerprint density at radius 2 is 1.74 bits per heavy atom. The Balaban J connectivity index is 1.97. The summed E-state index contributed by atoms with van der Waals surface area (Å²) in [6, 6.07) is 9.09. The molecule has 0 atom stereocenters. The van der Waals surface area contributed by atoms with E-state index in [4.69, 9.17) is 5.11 Å². The molecule has 0 saturated heterocycles. The minimum absolute atomic E-state index is 0.0262. The van der Waals surface area contributed by atoms with Crippen molar-refractivity contribution in [1.29, 1.82) is 0 Å². The smallest absolute Gasteiger partial charge is 0.337 e. The van der Waals surface area contributed by atoms with E-state index in [0.717, 1.165) is 0 Å². The van der Waals surface area contributed by atoms with Crippen molar-refractivity contribution in [3.63, 3.8) is 0 Å². The van der Waals surface area contributed by atoms with Gasteiger partial charge in [-0.05, 0) is 29.8 Å². The van der Waals surface area contributed by atoms with E-state index in [1.807, 2.05) is 0 Å². The fourth-order valence-electron chi connectivity index (χ4n) is 1.62. The standard InChI is InChI=1S/C15H12N4O4/c20-13(18-12-4-2-1-3-11(12)15(22)23)14(21)19-17-9-10-5-7-16-8-6-10/h1-9H,(H,18,20)(H,19,21)(H,22,23)/b17-9+. The monoisotopic (exact) mass is 312 g/mol. The van der Waals surface area contributed by atoms with Crippen LogP contribution >= 0.6 is 0 Å². The molecule has 0 aliphatic carbocycles. The molecule has 1 aromatic carbocycles. The molecule has 116 valence electrons. The van der Waals surface area contributed by atoms with Crippen molar-refractivity contribution in [1.82, 2.24) is 10.4 Å². The third kappa shape index (κ3) is 4.46. The van der Waals surface area contributed by atoms with Crippen LogP contribution in [-0.4, -0.2) is 34.1 Å². The molecular formula is C15H12N4O4. The summed E-state index contributed by atoms with van der Waals surface area (Å²) in [5, 5.41) is 14.9. The van der Waals surface area contributed by atoms with Crippen LogP contribution in [0.2, 0.25) is 0 Å². The van der Waals surface area contributed by atoms with Crippen LogP contribution in [0.25, 0.3) is 0 Å². The number of carboxylic acids is 1.